The average molecular weight is 401 g/mol. The second kappa shape index (κ2) is 9.37. The second-order valence-electron chi connectivity index (χ2n) is 6.50. The lowest BCUT2D eigenvalue weighted by molar-refractivity contribution is -0.159. The number of ether oxygens (including phenoxy) is 1. The first-order valence-corrected chi connectivity index (χ1v) is 9.49. The van der Waals surface area contributed by atoms with Gasteiger partial charge in [-0.25, -0.2) is 0 Å². The van der Waals surface area contributed by atoms with Crippen LogP contribution in [0.15, 0.2) is 54.6 Å². The highest BCUT2D eigenvalue weighted by atomic mass is 35.5. The predicted octanol–water partition coefficient (Wildman–Crippen LogP) is 2.98. The van der Waals surface area contributed by atoms with Gasteiger partial charge in [0.05, 0.1) is 0 Å². The number of amides is 2. The molecular formula is C21H21ClN2O4. The number of benzene rings is 2. The maximum Gasteiger partial charge on any atom is 0.326 e. The van der Waals surface area contributed by atoms with E-state index in [9.17, 15) is 14.4 Å². The number of hydrogen-bond acceptors (Lipinski definition) is 4. The number of likely N-dealkylation sites (tertiary alicyclic amines) is 1. The summed E-state index contributed by atoms with van der Waals surface area (Å²) in [7, 11) is 0. The molecule has 0 aliphatic carbocycles. The van der Waals surface area contributed by atoms with Crippen molar-refractivity contribution < 1.29 is 19.1 Å². The van der Waals surface area contributed by atoms with E-state index in [1.54, 1.807) is 53.4 Å². The van der Waals surface area contributed by atoms with Gasteiger partial charge in [0.2, 0.25) is 6.10 Å². The molecule has 1 saturated heterocycles. The van der Waals surface area contributed by atoms with Crippen molar-refractivity contribution in [3.8, 4) is 0 Å². The van der Waals surface area contributed by atoms with Crippen LogP contribution < -0.4 is 5.32 Å². The quantitative estimate of drug-likeness (QED) is 0.756. The SMILES string of the molecule is O=C(CNC(=O)c1ccc(Cl)cc1)O[C@@H](C(=O)N1CCCC1)c1ccccc1. The third-order valence-corrected chi connectivity index (χ3v) is 4.75. The van der Waals surface area contributed by atoms with Crippen LogP contribution in [0.4, 0.5) is 0 Å². The van der Waals surface area contributed by atoms with Crippen molar-refractivity contribution in [3.05, 3.63) is 70.7 Å². The van der Waals surface area contributed by atoms with E-state index in [1.165, 1.54) is 0 Å². The number of nitrogens with zero attached hydrogens (tertiary/aromatic N) is 1. The minimum atomic E-state index is -1.01. The first-order chi connectivity index (χ1) is 13.5. The number of esters is 1. The molecular weight excluding hydrogens is 380 g/mol. The zero-order valence-corrected chi connectivity index (χ0v) is 16.0. The molecule has 1 N–H and O–H groups in total. The molecule has 0 radical (unpaired) electrons. The number of halogens is 1. The van der Waals surface area contributed by atoms with Gasteiger partial charge in [-0.05, 0) is 37.1 Å². The highest BCUT2D eigenvalue weighted by Gasteiger charge is 2.30. The van der Waals surface area contributed by atoms with Gasteiger partial charge in [-0.1, -0.05) is 41.9 Å². The minimum Gasteiger partial charge on any atom is -0.446 e. The number of nitrogens with one attached hydrogen (secondary N) is 1. The Kier molecular flexibility index (Phi) is 6.66. The van der Waals surface area contributed by atoms with Gasteiger partial charge in [0, 0.05) is 29.2 Å². The zero-order valence-electron chi connectivity index (χ0n) is 15.3. The first kappa shape index (κ1) is 19.9. The van der Waals surface area contributed by atoms with Crippen LogP contribution in [0.25, 0.3) is 0 Å². The van der Waals surface area contributed by atoms with E-state index < -0.39 is 18.0 Å². The fraction of sp³-hybridized carbons (Fsp3) is 0.286. The van der Waals surface area contributed by atoms with Gasteiger partial charge >= 0.3 is 5.97 Å². The van der Waals surface area contributed by atoms with Crippen LogP contribution >= 0.6 is 11.6 Å². The molecule has 146 valence electrons. The molecule has 28 heavy (non-hydrogen) atoms. The highest BCUT2D eigenvalue weighted by Crippen LogP contribution is 2.22. The van der Waals surface area contributed by atoms with E-state index in [0.29, 0.717) is 29.2 Å². The van der Waals surface area contributed by atoms with E-state index in [-0.39, 0.29) is 12.5 Å². The van der Waals surface area contributed by atoms with Gasteiger partial charge in [-0.3, -0.25) is 14.4 Å². The molecule has 1 aliphatic rings. The van der Waals surface area contributed by atoms with Crippen molar-refractivity contribution in [3.63, 3.8) is 0 Å². The summed E-state index contributed by atoms with van der Waals surface area (Å²) in [4.78, 5) is 39.0. The molecule has 2 aromatic carbocycles. The summed E-state index contributed by atoms with van der Waals surface area (Å²) in [5, 5.41) is 3.02. The van der Waals surface area contributed by atoms with Gasteiger partial charge in [0.25, 0.3) is 11.8 Å². The Balaban J connectivity index is 1.63. The van der Waals surface area contributed by atoms with E-state index in [4.69, 9.17) is 16.3 Å². The Hall–Kier alpha value is -2.86. The first-order valence-electron chi connectivity index (χ1n) is 9.11. The van der Waals surface area contributed by atoms with Gasteiger partial charge in [0.1, 0.15) is 6.54 Å². The van der Waals surface area contributed by atoms with Gasteiger partial charge < -0.3 is 15.0 Å². The van der Waals surface area contributed by atoms with Gasteiger partial charge in [-0.2, -0.15) is 0 Å². The molecule has 1 fully saturated rings. The number of carbonyl (C=O) groups is 3. The fourth-order valence-corrected chi connectivity index (χ4v) is 3.15. The van der Waals surface area contributed by atoms with Crippen molar-refractivity contribution in [2.24, 2.45) is 0 Å². The van der Waals surface area contributed by atoms with E-state index in [1.807, 2.05) is 6.07 Å². The van der Waals surface area contributed by atoms with Crippen molar-refractivity contribution >= 4 is 29.4 Å². The van der Waals surface area contributed by atoms with Crippen molar-refractivity contribution in [1.29, 1.82) is 0 Å². The summed E-state index contributed by atoms with van der Waals surface area (Å²) < 4.78 is 5.45. The zero-order chi connectivity index (χ0) is 19.9. The summed E-state index contributed by atoms with van der Waals surface area (Å²) in [5.41, 5.74) is 0.988. The molecule has 1 atom stereocenters. The highest BCUT2D eigenvalue weighted by molar-refractivity contribution is 6.30. The topological polar surface area (TPSA) is 75.7 Å². The molecule has 2 aromatic rings. The van der Waals surface area contributed by atoms with Crippen molar-refractivity contribution in [2.45, 2.75) is 18.9 Å². The molecule has 7 heteroatoms. The van der Waals surface area contributed by atoms with Crippen LogP contribution in [-0.4, -0.2) is 42.3 Å². The smallest absolute Gasteiger partial charge is 0.326 e. The van der Waals surface area contributed by atoms with Gasteiger partial charge in [0.15, 0.2) is 0 Å². The van der Waals surface area contributed by atoms with E-state index >= 15 is 0 Å². The molecule has 0 aromatic heterocycles. The summed E-state index contributed by atoms with van der Waals surface area (Å²) in [6, 6.07) is 15.2. The Bertz CT molecular complexity index is 833. The van der Waals surface area contributed by atoms with Crippen LogP contribution in [0.1, 0.15) is 34.9 Å². The fourth-order valence-electron chi connectivity index (χ4n) is 3.02. The summed E-state index contributed by atoms with van der Waals surface area (Å²) >= 11 is 5.80. The van der Waals surface area contributed by atoms with Crippen molar-refractivity contribution in [2.75, 3.05) is 19.6 Å². The predicted molar refractivity (Wildman–Crippen MR) is 105 cm³/mol. The average Bonchev–Trinajstić information content (AvgIpc) is 3.26. The molecule has 3 rings (SSSR count). The largest absolute Gasteiger partial charge is 0.446 e. The Labute approximate surface area is 168 Å². The van der Waals surface area contributed by atoms with Crippen LogP contribution in [0, 0.1) is 0 Å². The van der Waals surface area contributed by atoms with Crippen LogP contribution in [0.2, 0.25) is 5.02 Å². The number of carbonyl (C=O) groups excluding carboxylic acids is 3. The monoisotopic (exact) mass is 400 g/mol. The lowest BCUT2D eigenvalue weighted by atomic mass is 10.1. The Morgan fingerprint density at radius 3 is 2.29 bits per heavy atom. The number of rotatable bonds is 6. The maximum atomic E-state index is 12.8. The van der Waals surface area contributed by atoms with Crippen LogP contribution in [0.3, 0.4) is 0 Å². The summed E-state index contributed by atoms with van der Waals surface area (Å²) in [6.45, 7) is 0.984. The third-order valence-electron chi connectivity index (χ3n) is 4.49. The van der Waals surface area contributed by atoms with Crippen molar-refractivity contribution in [1.82, 2.24) is 10.2 Å². The molecule has 0 spiro atoms. The molecule has 0 bridgehead atoms. The van der Waals surface area contributed by atoms with E-state index in [0.717, 1.165) is 12.8 Å². The molecule has 6 nitrogen and oxygen atoms in total. The van der Waals surface area contributed by atoms with Crippen LogP contribution in [0.5, 0.6) is 0 Å². The second-order valence-corrected chi connectivity index (χ2v) is 6.94. The molecule has 1 aliphatic heterocycles. The minimum absolute atomic E-state index is 0.235. The third kappa shape index (κ3) is 5.10. The molecule has 0 saturated carbocycles. The normalized spacial score (nSPS) is 14.4. The maximum absolute atomic E-state index is 12.8. The lowest BCUT2D eigenvalue weighted by Gasteiger charge is -2.23. The summed E-state index contributed by atoms with van der Waals surface area (Å²) in [6.07, 6.45) is 0.871. The Morgan fingerprint density at radius 1 is 1.00 bits per heavy atom. The Morgan fingerprint density at radius 2 is 1.64 bits per heavy atom. The van der Waals surface area contributed by atoms with E-state index in [2.05, 4.69) is 5.32 Å². The summed E-state index contributed by atoms with van der Waals surface area (Å²) in [5.74, 6) is -1.33. The van der Waals surface area contributed by atoms with Gasteiger partial charge in [-0.15, -0.1) is 0 Å². The molecule has 0 unspecified atom stereocenters. The van der Waals surface area contributed by atoms with Crippen LogP contribution in [-0.2, 0) is 14.3 Å². The molecule has 2 amide bonds. The number of hydrogen-bond donors (Lipinski definition) is 1. The molecule has 1 heterocycles. The standard InChI is InChI=1S/C21H21ClN2O4/c22-17-10-8-16(9-11-17)20(26)23-14-18(25)28-19(15-6-2-1-3-7-15)21(27)24-12-4-5-13-24/h1-3,6-11,19H,4-5,12-14H2,(H,23,26)/t19-/m1/s1. The lowest BCUT2D eigenvalue weighted by Crippen LogP contribution is -2.37.